The highest BCUT2D eigenvalue weighted by Gasteiger charge is 2.13. The summed E-state index contributed by atoms with van der Waals surface area (Å²) < 4.78 is 15.6. The Bertz CT molecular complexity index is 862. The van der Waals surface area contributed by atoms with Crippen molar-refractivity contribution >= 4 is 17.6 Å². The number of ether oxygens (including phenoxy) is 2. The standard InChI is InChI=1S/C18H15ClN2O4/c1-2-23-15-8-6-12(7-9-15)18(22)24-11-16-20-17(21-25-16)13-4-3-5-14(19)10-13/h3-10H,2,11H2,1H3. The van der Waals surface area contributed by atoms with Crippen molar-refractivity contribution in [2.45, 2.75) is 13.5 Å². The molecule has 0 fully saturated rings. The number of rotatable bonds is 6. The van der Waals surface area contributed by atoms with E-state index in [2.05, 4.69) is 10.1 Å². The van der Waals surface area contributed by atoms with E-state index in [0.717, 1.165) is 5.56 Å². The highest BCUT2D eigenvalue weighted by Crippen LogP contribution is 2.20. The van der Waals surface area contributed by atoms with E-state index in [1.54, 1.807) is 42.5 Å². The van der Waals surface area contributed by atoms with Crippen molar-refractivity contribution in [3.63, 3.8) is 0 Å². The van der Waals surface area contributed by atoms with Gasteiger partial charge < -0.3 is 14.0 Å². The van der Waals surface area contributed by atoms with Crippen molar-refractivity contribution in [3.05, 3.63) is 65.0 Å². The summed E-state index contributed by atoms with van der Waals surface area (Å²) >= 11 is 5.94. The molecular formula is C18H15ClN2O4. The van der Waals surface area contributed by atoms with Crippen LogP contribution >= 0.6 is 11.6 Å². The molecule has 3 rings (SSSR count). The van der Waals surface area contributed by atoms with Crippen LogP contribution in [0, 0.1) is 0 Å². The minimum atomic E-state index is -0.481. The van der Waals surface area contributed by atoms with Gasteiger partial charge in [0.15, 0.2) is 6.61 Å². The lowest BCUT2D eigenvalue weighted by atomic mass is 10.2. The second-order valence-corrected chi connectivity index (χ2v) is 5.49. The number of hydrogen-bond acceptors (Lipinski definition) is 6. The molecule has 0 amide bonds. The first kappa shape index (κ1) is 17.0. The Kier molecular flexibility index (Phi) is 5.30. The normalized spacial score (nSPS) is 10.5. The van der Waals surface area contributed by atoms with E-state index in [0.29, 0.717) is 28.8 Å². The lowest BCUT2D eigenvalue weighted by Crippen LogP contribution is -2.05. The van der Waals surface area contributed by atoms with E-state index in [-0.39, 0.29) is 12.5 Å². The van der Waals surface area contributed by atoms with Gasteiger partial charge in [0.25, 0.3) is 5.89 Å². The van der Waals surface area contributed by atoms with Gasteiger partial charge in [-0.15, -0.1) is 0 Å². The molecule has 1 heterocycles. The molecule has 0 N–H and O–H groups in total. The first-order valence-corrected chi connectivity index (χ1v) is 8.02. The van der Waals surface area contributed by atoms with Gasteiger partial charge in [0.2, 0.25) is 5.82 Å². The largest absolute Gasteiger partial charge is 0.494 e. The van der Waals surface area contributed by atoms with Crippen molar-refractivity contribution in [2.24, 2.45) is 0 Å². The SMILES string of the molecule is CCOc1ccc(C(=O)OCc2nc(-c3cccc(Cl)c3)no2)cc1. The van der Waals surface area contributed by atoms with E-state index >= 15 is 0 Å². The molecular weight excluding hydrogens is 344 g/mol. The zero-order valence-electron chi connectivity index (χ0n) is 13.4. The van der Waals surface area contributed by atoms with Crippen LogP contribution in [0.25, 0.3) is 11.4 Å². The molecule has 7 heteroatoms. The summed E-state index contributed by atoms with van der Waals surface area (Å²) in [6, 6.07) is 13.8. The molecule has 0 bridgehead atoms. The predicted molar refractivity (Wildman–Crippen MR) is 91.5 cm³/mol. The summed E-state index contributed by atoms with van der Waals surface area (Å²) in [6.45, 7) is 2.35. The molecule has 0 radical (unpaired) electrons. The average Bonchev–Trinajstić information content (AvgIpc) is 3.10. The zero-order chi connectivity index (χ0) is 17.6. The third-order valence-electron chi connectivity index (χ3n) is 3.28. The van der Waals surface area contributed by atoms with Crippen LogP contribution in [0.1, 0.15) is 23.2 Å². The summed E-state index contributed by atoms with van der Waals surface area (Å²) in [5, 5.41) is 4.43. The van der Waals surface area contributed by atoms with Gasteiger partial charge in [-0.2, -0.15) is 4.98 Å². The number of benzene rings is 2. The molecule has 128 valence electrons. The second kappa shape index (κ2) is 7.81. The fourth-order valence-electron chi connectivity index (χ4n) is 2.12. The fraction of sp³-hybridized carbons (Fsp3) is 0.167. The number of nitrogens with zero attached hydrogens (tertiary/aromatic N) is 2. The molecule has 0 spiro atoms. The predicted octanol–water partition coefficient (Wildman–Crippen LogP) is 4.15. The Morgan fingerprint density at radius 3 is 2.72 bits per heavy atom. The molecule has 3 aromatic rings. The molecule has 0 aliphatic carbocycles. The molecule has 6 nitrogen and oxygen atoms in total. The maximum Gasteiger partial charge on any atom is 0.338 e. The van der Waals surface area contributed by atoms with Crippen molar-refractivity contribution in [2.75, 3.05) is 6.61 Å². The highest BCUT2D eigenvalue weighted by atomic mass is 35.5. The van der Waals surface area contributed by atoms with Crippen LogP contribution < -0.4 is 4.74 Å². The van der Waals surface area contributed by atoms with Gasteiger partial charge in [0, 0.05) is 10.6 Å². The van der Waals surface area contributed by atoms with E-state index in [9.17, 15) is 4.79 Å². The van der Waals surface area contributed by atoms with Crippen LogP contribution in [-0.4, -0.2) is 22.7 Å². The van der Waals surface area contributed by atoms with Crippen LogP contribution in [0.3, 0.4) is 0 Å². The number of hydrogen-bond donors (Lipinski definition) is 0. The summed E-state index contributed by atoms with van der Waals surface area (Å²) in [5.41, 5.74) is 1.14. The van der Waals surface area contributed by atoms with Gasteiger partial charge in [0.05, 0.1) is 12.2 Å². The molecule has 0 atom stereocenters. The van der Waals surface area contributed by atoms with Crippen LogP contribution in [0.2, 0.25) is 5.02 Å². The quantitative estimate of drug-likeness (QED) is 0.616. The topological polar surface area (TPSA) is 74.5 Å². The van der Waals surface area contributed by atoms with Crippen LogP contribution in [0.15, 0.2) is 53.1 Å². The molecule has 1 aromatic heterocycles. The van der Waals surface area contributed by atoms with Gasteiger partial charge in [-0.3, -0.25) is 0 Å². The summed E-state index contributed by atoms with van der Waals surface area (Å²) in [4.78, 5) is 16.2. The molecule has 0 aliphatic rings. The molecule has 25 heavy (non-hydrogen) atoms. The Morgan fingerprint density at radius 1 is 1.20 bits per heavy atom. The lowest BCUT2D eigenvalue weighted by Gasteiger charge is -2.04. The minimum Gasteiger partial charge on any atom is -0.494 e. The first-order valence-electron chi connectivity index (χ1n) is 7.64. The summed E-state index contributed by atoms with van der Waals surface area (Å²) in [6.07, 6.45) is 0. The molecule has 0 saturated heterocycles. The maximum absolute atomic E-state index is 12.0. The lowest BCUT2D eigenvalue weighted by molar-refractivity contribution is 0.0430. The third kappa shape index (κ3) is 4.36. The maximum atomic E-state index is 12.0. The molecule has 0 unspecified atom stereocenters. The van der Waals surface area contributed by atoms with Gasteiger partial charge in [-0.25, -0.2) is 4.79 Å². The fourth-order valence-corrected chi connectivity index (χ4v) is 2.31. The molecule has 2 aromatic carbocycles. The molecule has 0 saturated carbocycles. The Morgan fingerprint density at radius 2 is 2.00 bits per heavy atom. The summed E-state index contributed by atoms with van der Waals surface area (Å²) in [7, 11) is 0. The summed E-state index contributed by atoms with van der Waals surface area (Å²) in [5.74, 6) is 0.802. The number of carbonyl (C=O) groups excluding carboxylic acids is 1. The number of aromatic nitrogens is 2. The Hall–Kier alpha value is -2.86. The van der Waals surface area contributed by atoms with E-state index < -0.39 is 5.97 Å². The van der Waals surface area contributed by atoms with Gasteiger partial charge in [-0.05, 0) is 43.3 Å². The third-order valence-corrected chi connectivity index (χ3v) is 3.51. The second-order valence-electron chi connectivity index (χ2n) is 5.06. The molecule has 0 aliphatic heterocycles. The van der Waals surface area contributed by atoms with Crippen molar-refractivity contribution in [1.29, 1.82) is 0 Å². The Balaban J connectivity index is 1.61. The van der Waals surface area contributed by atoms with Crippen molar-refractivity contribution in [1.82, 2.24) is 10.1 Å². The van der Waals surface area contributed by atoms with Crippen LogP contribution in [0.4, 0.5) is 0 Å². The van der Waals surface area contributed by atoms with Crippen LogP contribution in [-0.2, 0) is 11.3 Å². The Labute approximate surface area is 149 Å². The number of halogens is 1. The van der Waals surface area contributed by atoms with Crippen LogP contribution in [0.5, 0.6) is 5.75 Å². The average molecular weight is 359 g/mol. The number of carbonyl (C=O) groups is 1. The van der Waals surface area contributed by atoms with Gasteiger partial charge in [0.1, 0.15) is 5.75 Å². The zero-order valence-corrected chi connectivity index (χ0v) is 14.2. The van der Waals surface area contributed by atoms with Gasteiger partial charge in [-0.1, -0.05) is 28.9 Å². The highest BCUT2D eigenvalue weighted by molar-refractivity contribution is 6.30. The van der Waals surface area contributed by atoms with E-state index in [4.69, 9.17) is 25.6 Å². The first-order chi connectivity index (χ1) is 12.2. The van der Waals surface area contributed by atoms with Crippen molar-refractivity contribution < 1.29 is 18.8 Å². The van der Waals surface area contributed by atoms with E-state index in [1.807, 2.05) is 13.0 Å². The minimum absolute atomic E-state index is 0.111. The number of esters is 1. The van der Waals surface area contributed by atoms with Gasteiger partial charge >= 0.3 is 5.97 Å². The van der Waals surface area contributed by atoms with E-state index in [1.165, 1.54) is 0 Å². The smallest absolute Gasteiger partial charge is 0.338 e. The monoisotopic (exact) mass is 358 g/mol. The van der Waals surface area contributed by atoms with Crippen molar-refractivity contribution in [3.8, 4) is 17.1 Å².